The van der Waals surface area contributed by atoms with Crippen molar-refractivity contribution in [2.75, 3.05) is 0 Å². The second kappa shape index (κ2) is 52.1. The highest BCUT2D eigenvalue weighted by Crippen LogP contribution is 2.51. The molecule has 6 nitrogen and oxygen atoms in total. The van der Waals surface area contributed by atoms with Crippen LogP contribution in [0.2, 0.25) is 0 Å². The summed E-state index contributed by atoms with van der Waals surface area (Å²) >= 11 is 0. The van der Waals surface area contributed by atoms with Gasteiger partial charge in [-0.1, -0.05) is 457 Å². The maximum atomic E-state index is 2.40. The molecule has 30 rings (SSSR count). The number of fused-ring (bicyclic) bond motifs is 40. The molecular formula is C144H162N6. The number of aromatic nitrogens is 6. The van der Waals surface area contributed by atoms with Crippen LogP contribution in [0, 0.1) is 0 Å². The zero-order valence-corrected chi connectivity index (χ0v) is 95.6. The number of hydrogen-bond donors (Lipinski definition) is 0. The van der Waals surface area contributed by atoms with Crippen LogP contribution in [0.1, 0.15) is 233 Å². The number of rotatable bonds is 0. The van der Waals surface area contributed by atoms with Crippen LogP contribution in [0.5, 0.6) is 0 Å². The number of hydrogen-bond acceptors (Lipinski definition) is 0. The summed E-state index contributed by atoms with van der Waals surface area (Å²) in [6.45, 7) is 48.0. The summed E-state index contributed by atoms with van der Waals surface area (Å²) in [4.78, 5) is 0. The van der Waals surface area contributed by atoms with E-state index in [1.807, 2.05) is 166 Å². The van der Waals surface area contributed by atoms with Gasteiger partial charge in [-0.3, -0.25) is 0 Å². The van der Waals surface area contributed by atoms with Crippen LogP contribution in [0.4, 0.5) is 0 Å². The molecule has 0 unspecified atom stereocenters. The fourth-order valence-electron chi connectivity index (χ4n) is 23.1. The Balaban J connectivity index is 0.000000144. The van der Waals surface area contributed by atoms with Gasteiger partial charge in [0, 0.05) is 174 Å². The summed E-state index contributed by atoms with van der Waals surface area (Å²) < 4.78 is 14.0. The van der Waals surface area contributed by atoms with Crippen LogP contribution >= 0.6 is 0 Å². The van der Waals surface area contributed by atoms with E-state index >= 15 is 0 Å². The first-order valence-corrected chi connectivity index (χ1v) is 56.5. The van der Waals surface area contributed by atoms with Crippen molar-refractivity contribution >= 4 is 131 Å². The molecule has 768 valence electrons. The molecule has 6 heterocycles. The molecule has 6 aromatic heterocycles. The lowest BCUT2D eigenvalue weighted by molar-refractivity contribution is 1.00. The first-order chi connectivity index (χ1) is 74.0. The average molecular weight is 1980 g/mol. The van der Waals surface area contributed by atoms with E-state index in [1.165, 1.54) is 264 Å². The summed E-state index contributed by atoms with van der Waals surface area (Å²) in [5, 5.41) is 16.5. The van der Waals surface area contributed by atoms with Crippen molar-refractivity contribution in [3.63, 3.8) is 0 Å². The highest BCUT2D eigenvalue weighted by molar-refractivity contribution is 6.19. The summed E-state index contributed by atoms with van der Waals surface area (Å²) in [6, 6.07) is 133. The van der Waals surface area contributed by atoms with Crippen LogP contribution in [0.3, 0.4) is 0 Å². The van der Waals surface area contributed by atoms with E-state index in [2.05, 4.69) is 434 Å². The molecule has 0 saturated carbocycles. The van der Waals surface area contributed by atoms with Gasteiger partial charge in [-0.05, 0) is 233 Å². The second-order valence-electron chi connectivity index (χ2n) is 35.5. The van der Waals surface area contributed by atoms with Gasteiger partial charge in [-0.15, -0.1) is 0 Å². The van der Waals surface area contributed by atoms with Crippen molar-refractivity contribution < 1.29 is 0 Å². The van der Waals surface area contributed by atoms with Gasteiger partial charge in [-0.25, -0.2) is 0 Å². The van der Waals surface area contributed by atoms with Gasteiger partial charge in [0.1, 0.15) is 0 Å². The van der Waals surface area contributed by atoms with Crippen LogP contribution in [0.15, 0.2) is 364 Å². The predicted octanol–water partition coefficient (Wildman–Crippen LogP) is 41.7. The topological polar surface area (TPSA) is 29.6 Å². The Kier molecular flexibility index (Phi) is 38.9. The molecule has 0 aliphatic heterocycles. The molecular weight excluding hydrogens is 1810 g/mol. The number of benzene rings is 18. The van der Waals surface area contributed by atoms with Gasteiger partial charge in [0.25, 0.3) is 0 Å². The Morgan fingerprint density at radius 1 is 0.133 bits per heavy atom. The fraction of sp³-hybridized carbons (Fsp3) is 0.250. The summed E-state index contributed by atoms with van der Waals surface area (Å²) in [5.74, 6) is 0. The van der Waals surface area contributed by atoms with Gasteiger partial charge in [0.2, 0.25) is 0 Å². The molecule has 0 saturated heterocycles. The lowest BCUT2D eigenvalue weighted by atomic mass is 9.99. The Bertz CT molecular complexity index is 8690. The van der Waals surface area contributed by atoms with Crippen LogP contribution in [-0.4, -0.2) is 27.4 Å². The third-order valence-electron chi connectivity index (χ3n) is 29.0. The van der Waals surface area contributed by atoms with E-state index in [9.17, 15) is 0 Å². The maximum absolute atomic E-state index is 2.40. The monoisotopic (exact) mass is 1980 g/mol. The van der Waals surface area contributed by atoms with Gasteiger partial charge < -0.3 is 27.4 Å². The second-order valence-corrected chi connectivity index (χ2v) is 35.5. The van der Waals surface area contributed by atoms with Crippen LogP contribution in [0.25, 0.3) is 198 Å². The zero-order chi connectivity index (χ0) is 108. The number of aryl methyl sites for hydroxylation is 6. The van der Waals surface area contributed by atoms with Crippen molar-refractivity contribution in [1.82, 2.24) is 27.4 Å². The van der Waals surface area contributed by atoms with Gasteiger partial charge >= 0.3 is 0 Å². The lowest BCUT2D eigenvalue weighted by Crippen LogP contribution is -1.91. The molecule has 0 bridgehead atoms. The lowest BCUT2D eigenvalue weighted by Gasteiger charge is -2.06. The highest BCUT2D eigenvalue weighted by Gasteiger charge is 2.30. The molecule has 0 N–H and O–H groups in total. The third kappa shape index (κ3) is 20.3. The minimum atomic E-state index is 1.05. The minimum Gasteiger partial charge on any atom is -0.344 e. The van der Waals surface area contributed by atoms with Crippen molar-refractivity contribution in [2.24, 2.45) is 42.3 Å². The van der Waals surface area contributed by atoms with Gasteiger partial charge in [0.05, 0.1) is 11.0 Å². The maximum Gasteiger partial charge on any atom is 0.0571 e. The molecule has 24 aromatic rings. The molecule has 6 aliphatic carbocycles. The van der Waals surface area contributed by atoms with Gasteiger partial charge in [-0.2, -0.15) is 0 Å². The van der Waals surface area contributed by atoms with E-state index in [0.717, 1.165) is 38.5 Å². The smallest absolute Gasteiger partial charge is 0.0571 e. The summed E-state index contributed by atoms with van der Waals surface area (Å²) in [5.41, 5.74) is 50.4. The fourth-order valence-corrected chi connectivity index (χ4v) is 23.1. The minimum absolute atomic E-state index is 1.05. The van der Waals surface area contributed by atoms with Crippen LogP contribution < -0.4 is 0 Å². The van der Waals surface area contributed by atoms with Crippen molar-refractivity contribution in [3.05, 3.63) is 431 Å². The molecule has 0 spiro atoms. The largest absolute Gasteiger partial charge is 0.344 e. The Labute approximate surface area is 896 Å². The Hall–Kier alpha value is -15.2. The van der Waals surface area contributed by atoms with Gasteiger partial charge in [0.15, 0.2) is 0 Å². The van der Waals surface area contributed by atoms with E-state index in [1.54, 1.807) is 0 Å². The average Bonchev–Trinajstić information content (AvgIpc) is 1.57. The van der Waals surface area contributed by atoms with E-state index < -0.39 is 0 Å². The van der Waals surface area contributed by atoms with Crippen LogP contribution in [-0.2, 0) is 80.8 Å². The molecule has 18 aromatic carbocycles. The van der Waals surface area contributed by atoms with Crippen molar-refractivity contribution in [2.45, 2.75) is 205 Å². The molecule has 0 atom stereocenters. The standard InChI is InChI=1S/6C20H15N.12C2H6/c1-21-19-9-5-4-8-16(19)18-12-17-14(11-20(18)21)10-13-6-2-3-7-15(13)17;1-21-19-9-5-4-8-16(19)18-11-14-10-13-6-2-3-7-15(13)17(14)12-20(18)21;1-21-18-9-5-4-8-16(18)17-11-10-14-12-13-6-2-3-7-15(13)19(14)20(17)21;1-21-17-9-5-4-8-16(17)20-18(21)11-10-14-12-13-6-2-3-7-15(13)19(14)20;1-21-18-9-5-4-8-16(18)20-17-12-13-6-2-3-7-14(13)15(17)10-11-19(20)21;1-21-19-9-5-4-8-16(19)17-11-10-15-14-7-3-2-6-13(14)12-18(15)20(17)21;12*1-2/h2*2-9,11-12H,10H2,1H3;4*2-11H,12H2,1H3;12*1-2H3. The molecule has 0 radical (unpaired) electrons. The Morgan fingerprint density at radius 3 is 0.847 bits per heavy atom. The number of nitrogens with zero attached hydrogens (tertiary/aromatic N) is 6. The third-order valence-corrected chi connectivity index (χ3v) is 29.0. The predicted molar refractivity (Wildman–Crippen MR) is 668 cm³/mol. The number of para-hydroxylation sites is 6. The normalized spacial score (nSPS) is 11.2. The summed E-state index contributed by atoms with van der Waals surface area (Å²) in [7, 11) is 13.0. The van der Waals surface area contributed by atoms with E-state index in [4.69, 9.17) is 0 Å². The van der Waals surface area contributed by atoms with E-state index in [0.29, 0.717) is 0 Å². The van der Waals surface area contributed by atoms with E-state index in [-0.39, 0.29) is 0 Å². The zero-order valence-electron chi connectivity index (χ0n) is 95.6. The Morgan fingerprint density at radius 2 is 0.393 bits per heavy atom. The first-order valence-electron chi connectivity index (χ1n) is 56.5. The molecule has 6 heteroatoms. The van der Waals surface area contributed by atoms with Crippen molar-refractivity contribution in [1.29, 1.82) is 0 Å². The molecule has 150 heavy (non-hydrogen) atoms. The summed E-state index contributed by atoms with van der Waals surface area (Å²) in [6.07, 6.45) is 6.34. The SMILES string of the molecule is CC.CC.CC.CC.CC.CC.CC.CC.CC.CC.CC.CC.Cn1c2ccccc2c2c3c(ccc21)-c1ccccc1C3.Cn1c2ccccc2c2c3c(ccc21)Cc1ccccc1-3.Cn1c2ccccc2c2cc3c(cc21)-c1ccccc1C3.Cn1c2ccccc2c2cc3c(cc21)Cc1ccccc1-3.Cn1c2ccccc2c2ccc3c(c21)-c1ccccc1C3.Cn1c2ccccc2c2ccc3c(c21)Cc1ccccc1-3. The highest BCUT2D eigenvalue weighted by atomic mass is 15.0. The quantitative estimate of drug-likeness (QED) is 0.145. The first kappa shape index (κ1) is 112. The molecule has 0 amide bonds. The molecule has 6 aliphatic rings. The molecule has 0 fully saturated rings. The van der Waals surface area contributed by atoms with Crippen molar-refractivity contribution in [3.8, 4) is 66.8 Å².